The molecule has 2 amide bonds. The van der Waals surface area contributed by atoms with E-state index >= 15 is 0 Å². The highest BCUT2D eigenvalue weighted by molar-refractivity contribution is 6.04. The number of rotatable bonds is 5. The molecule has 0 atom stereocenters. The summed E-state index contributed by atoms with van der Waals surface area (Å²) in [6, 6.07) is 7.78. The number of ether oxygens (including phenoxy) is 1. The number of amides is 2. The molecule has 1 aliphatic rings. The number of hydrogen-bond acceptors (Lipinski definition) is 5. The molecule has 2 N–H and O–H groups in total. The Kier molecular flexibility index (Phi) is 5.58. The van der Waals surface area contributed by atoms with Gasteiger partial charge in [-0.05, 0) is 50.1 Å². The molecule has 0 bridgehead atoms. The smallest absolute Gasteiger partial charge is 0.337 e. The van der Waals surface area contributed by atoms with Crippen LogP contribution in [0.3, 0.4) is 0 Å². The molecule has 3 rings (SSSR count). The highest BCUT2D eigenvalue weighted by atomic mass is 16.5. The Hall–Kier alpha value is -3.42. The Morgan fingerprint density at radius 3 is 2.64 bits per heavy atom. The topological polar surface area (TPSA) is 109 Å². The normalized spacial score (nSPS) is 13.9. The molecule has 1 aromatic carbocycles. The molecule has 0 radical (unpaired) electrons. The average molecular weight is 383 g/mol. The maximum Gasteiger partial charge on any atom is 0.337 e. The predicted molar refractivity (Wildman–Crippen MR) is 103 cm³/mol. The highest BCUT2D eigenvalue weighted by Crippen LogP contribution is 2.33. The molecule has 0 spiro atoms. The monoisotopic (exact) mass is 383 g/mol. The Bertz CT molecular complexity index is 941. The largest absolute Gasteiger partial charge is 0.495 e. The number of methoxy groups -OCH3 is 1. The number of anilines is 2. The minimum Gasteiger partial charge on any atom is -0.495 e. The SMILES string of the molecule is COc1ccc(NC(=O)c2ccc(C(=O)O)c(C)n2)cc1N1CCCCC1=O. The predicted octanol–water partition coefficient (Wildman–Crippen LogP) is 2.87. The lowest BCUT2D eigenvalue weighted by atomic mass is 10.1. The fourth-order valence-electron chi connectivity index (χ4n) is 3.15. The summed E-state index contributed by atoms with van der Waals surface area (Å²) in [6.07, 6.45) is 2.26. The van der Waals surface area contributed by atoms with Crippen LogP contribution in [0, 0.1) is 6.92 Å². The number of carboxylic acid groups (broad SMARTS) is 1. The molecule has 1 aliphatic heterocycles. The number of benzene rings is 1. The summed E-state index contributed by atoms with van der Waals surface area (Å²) < 4.78 is 5.37. The second kappa shape index (κ2) is 8.08. The van der Waals surface area contributed by atoms with E-state index in [1.807, 2.05) is 0 Å². The zero-order valence-corrected chi connectivity index (χ0v) is 15.7. The third-order valence-corrected chi connectivity index (χ3v) is 4.60. The van der Waals surface area contributed by atoms with Crippen molar-refractivity contribution in [2.45, 2.75) is 26.2 Å². The van der Waals surface area contributed by atoms with Gasteiger partial charge in [-0.2, -0.15) is 0 Å². The van der Waals surface area contributed by atoms with Crippen molar-refractivity contribution in [2.75, 3.05) is 23.9 Å². The summed E-state index contributed by atoms with van der Waals surface area (Å²) in [5.41, 5.74) is 1.51. The lowest BCUT2D eigenvalue weighted by Crippen LogP contribution is -2.35. The van der Waals surface area contributed by atoms with E-state index in [2.05, 4.69) is 10.3 Å². The quantitative estimate of drug-likeness (QED) is 0.822. The van der Waals surface area contributed by atoms with E-state index in [-0.39, 0.29) is 22.9 Å². The molecule has 2 heterocycles. The van der Waals surface area contributed by atoms with Gasteiger partial charge in [0.2, 0.25) is 5.91 Å². The van der Waals surface area contributed by atoms with Gasteiger partial charge in [-0.15, -0.1) is 0 Å². The number of piperidine rings is 1. The van der Waals surface area contributed by atoms with Gasteiger partial charge in [-0.1, -0.05) is 0 Å². The standard InChI is InChI=1S/C20H21N3O5/c1-12-14(20(26)27)7-8-15(21-12)19(25)22-13-6-9-17(28-2)16(11-13)23-10-4-3-5-18(23)24/h6-9,11H,3-5,10H2,1-2H3,(H,22,25)(H,26,27). The van der Waals surface area contributed by atoms with Crippen molar-refractivity contribution in [3.05, 3.63) is 47.3 Å². The van der Waals surface area contributed by atoms with E-state index in [1.54, 1.807) is 23.1 Å². The number of nitrogens with one attached hydrogen (secondary N) is 1. The molecule has 8 nitrogen and oxygen atoms in total. The maximum absolute atomic E-state index is 12.5. The van der Waals surface area contributed by atoms with Gasteiger partial charge in [0, 0.05) is 18.7 Å². The summed E-state index contributed by atoms with van der Waals surface area (Å²) in [5, 5.41) is 11.8. The minimum absolute atomic E-state index is 0.0228. The molecule has 2 aromatic rings. The van der Waals surface area contributed by atoms with Crippen LogP contribution < -0.4 is 15.0 Å². The first-order chi connectivity index (χ1) is 13.4. The van der Waals surface area contributed by atoms with Crippen LogP contribution in [0.2, 0.25) is 0 Å². The van der Waals surface area contributed by atoms with E-state index < -0.39 is 11.9 Å². The first kappa shape index (κ1) is 19.3. The molecule has 8 heteroatoms. The van der Waals surface area contributed by atoms with Crippen molar-refractivity contribution in [1.82, 2.24) is 4.98 Å². The third kappa shape index (κ3) is 3.95. The minimum atomic E-state index is -1.09. The van der Waals surface area contributed by atoms with Crippen molar-refractivity contribution in [3.63, 3.8) is 0 Å². The van der Waals surface area contributed by atoms with Crippen LogP contribution in [0.1, 0.15) is 45.8 Å². The van der Waals surface area contributed by atoms with E-state index in [9.17, 15) is 14.4 Å². The van der Waals surface area contributed by atoms with Gasteiger partial charge in [0.1, 0.15) is 11.4 Å². The average Bonchev–Trinajstić information content (AvgIpc) is 2.68. The van der Waals surface area contributed by atoms with Crippen LogP contribution in [0.4, 0.5) is 11.4 Å². The van der Waals surface area contributed by atoms with E-state index in [0.29, 0.717) is 30.1 Å². The summed E-state index contributed by atoms with van der Waals surface area (Å²) in [6.45, 7) is 2.14. The lowest BCUT2D eigenvalue weighted by molar-refractivity contribution is -0.119. The van der Waals surface area contributed by atoms with Crippen LogP contribution in [0.5, 0.6) is 5.75 Å². The first-order valence-corrected chi connectivity index (χ1v) is 8.91. The number of nitrogens with zero attached hydrogens (tertiary/aromatic N) is 2. The molecular formula is C20H21N3O5. The molecule has 0 aliphatic carbocycles. The molecule has 0 saturated carbocycles. The molecule has 1 fully saturated rings. The van der Waals surface area contributed by atoms with Crippen LogP contribution >= 0.6 is 0 Å². The fourth-order valence-corrected chi connectivity index (χ4v) is 3.15. The number of aromatic nitrogens is 1. The third-order valence-electron chi connectivity index (χ3n) is 4.60. The van der Waals surface area contributed by atoms with Crippen molar-refractivity contribution in [3.8, 4) is 5.75 Å². The van der Waals surface area contributed by atoms with E-state index in [4.69, 9.17) is 9.84 Å². The zero-order chi connectivity index (χ0) is 20.3. The van der Waals surface area contributed by atoms with Gasteiger partial charge in [0.25, 0.3) is 5.91 Å². The van der Waals surface area contributed by atoms with Gasteiger partial charge in [0.15, 0.2) is 0 Å². The number of hydrogen-bond donors (Lipinski definition) is 2. The van der Waals surface area contributed by atoms with Crippen LogP contribution in [-0.2, 0) is 4.79 Å². The Balaban J connectivity index is 1.85. The van der Waals surface area contributed by atoms with Crippen LogP contribution in [0.15, 0.2) is 30.3 Å². The summed E-state index contributed by atoms with van der Waals surface area (Å²) in [5.74, 6) is -0.994. The summed E-state index contributed by atoms with van der Waals surface area (Å²) in [7, 11) is 1.53. The molecule has 1 saturated heterocycles. The number of aromatic carboxylic acids is 1. The van der Waals surface area contributed by atoms with Gasteiger partial charge >= 0.3 is 5.97 Å². The Labute approximate surface area is 162 Å². The van der Waals surface area contributed by atoms with Gasteiger partial charge < -0.3 is 20.1 Å². The second-order valence-corrected chi connectivity index (χ2v) is 6.48. The van der Waals surface area contributed by atoms with Gasteiger partial charge in [0.05, 0.1) is 24.1 Å². The fraction of sp³-hybridized carbons (Fsp3) is 0.300. The van der Waals surface area contributed by atoms with E-state index in [1.165, 1.54) is 26.2 Å². The highest BCUT2D eigenvalue weighted by Gasteiger charge is 2.23. The lowest BCUT2D eigenvalue weighted by Gasteiger charge is -2.28. The molecular weight excluding hydrogens is 362 g/mol. The van der Waals surface area contributed by atoms with Gasteiger partial charge in [-0.25, -0.2) is 9.78 Å². The number of carboxylic acids is 1. The van der Waals surface area contributed by atoms with Crippen molar-refractivity contribution < 1.29 is 24.2 Å². The van der Waals surface area contributed by atoms with E-state index in [0.717, 1.165) is 12.8 Å². The Morgan fingerprint density at radius 2 is 2.00 bits per heavy atom. The van der Waals surface area contributed by atoms with Gasteiger partial charge in [-0.3, -0.25) is 9.59 Å². The number of pyridine rings is 1. The molecule has 0 unspecified atom stereocenters. The Morgan fingerprint density at radius 1 is 1.21 bits per heavy atom. The second-order valence-electron chi connectivity index (χ2n) is 6.48. The number of carbonyl (C=O) groups excluding carboxylic acids is 2. The first-order valence-electron chi connectivity index (χ1n) is 8.91. The maximum atomic E-state index is 12.5. The molecule has 146 valence electrons. The molecule has 1 aromatic heterocycles. The van der Waals surface area contributed by atoms with Crippen LogP contribution in [0.25, 0.3) is 0 Å². The molecule has 28 heavy (non-hydrogen) atoms. The van der Waals surface area contributed by atoms with Crippen molar-refractivity contribution in [2.24, 2.45) is 0 Å². The van der Waals surface area contributed by atoms with Crippen molar-refractivity contribution >= 4 is 29.2 Å². The number of carbonyl (C=O) groups is 3. The summed E-state index contributed by atoms with van der Waals surface area (Å²) in [4.78, 5) is 41.6. The summed E-state index contributed by atoms with van der Waals surface area (Å²) >= 11 is 0. The zero-order valence-electron chi connectivity index (χ0n) is 15.7. The number of aryl methyl sites for hydroxylation is 1. The van der Waals surface area contributed by atoms with Crippen molar-refractivity contribution in [1.29, 1.82) is 0 Å². The van der Waals surface area contributed by atoms with Crippen LogP contribution in [-0.4, -0.2) is 41.5 Å².